The molecule has 154 valence electrons. The Hall–Kier alpha value is -4.27. The first-order valence-corrected chi connectivity index (χ1v) is 9.55. The van der Waals surface area contributed by atoms with Crippen LogP contribution in [0.3, 0.4) is 0 Å². The Morgan fingerprint density at radius 1 is 1.16 bits per heavy atom. The van der Waals surface area contributed by atoms with E-state index in [0.29, 0.717) is 27.9 Å². The van der Waals surface area contributed by atoms with E-state index in [1.165, 1.54) is 17.0 Å². The molecule has 0 aliphatic carbocycles. The molecule has 0 bridgehead atoms. The zero-order valence-corrected chi connectivity index (χ0v) is 16.5. The lowest BCUT2D eigenvalue weighted by atomic mass is 10.2. The topological polar surface area (TPSA) is 97.6 Å². The summed E-state index contributed by atoms with van der Waals surface area (Å²) < 4.78 is 17.2. The van der Waals surface area contributed by atoms with E-state index in [-0.39, 0.29) is 24.0 Å². The number of aromatic amines is 1. The lowest BCUT2D eigenvalue weighted by Crippen LogP contribution is -2.22. The number of halogens is 1. The molecule has 2 N–H and O–H groups in total. The average molecular weight is 416 g/mol. The predicted octanol–water partition coefficient (Wildman–Crippen LogP) is 2.67. The fourth-order valence-corrected chi connectivity index (χ4v) is 3.53. The molecule has 3 heterocycles. The van der Waals surface area contributed by atoms with E-state index in [0.717, 1.165) is 11.1 Å². The second-order valence-electron chi connectivity index (χ2n) is 7.16. The molecule has 1 amide bonds. The Kier molecular flexibility index (Phi) is 4.36. The summed E-state index contributed by atoms with van der Waals surface area (Å²) in [6.07, 6.45) is 3.15. The molecule has 0 saturated heterocycles. The molecule has 0 atom stereocenters. The van der Waals surface area contributed by atoms with Crippen molar-refractivity contribution >= 4 is 28.1 Å². The van der Waals surface area contributed by atoms with Gasteiger partial charge in [-0.25, -0.2) is 19.2 Å². The minimum atomic E-state index is -0.364. The van der Waals surface area contributed by atoms with Gasteiger partial charge in [0.2, 0.25) is 0 Å². The summed E-state index contributed by atoms with van der Waals surface area (Å²) in [5.74, 6) is -0.639. The number of aryl methyl sites for hydroxylation is 1. The summed E-state index contributed by atoms with van der Waals surface area (Å²) in [7, 11) is 1.66. The number of rotatable bonds is 4. The number of hydrogen-bond donors (Lipinski definition) is 2. The van der Waals surface area contributed by atoms with Gasteiger partial charge in [-0.3, -0.25) is 13.9 Å². The highest BCUT2D eigenvalue weighted by Crippen LogP contribution is 2.19. The van der Waals surface area contributed by atoms with Crippen LogP contribution in [0.2, 0.25) is 0 Å². The van der Waals surface area contributed by atoms with Crippen molar-refractivity contribution < 1.29 is 9.18 Å². The van der Waals surface area contributed by atoms with Gasteiger partial charge < -0.3 is 10.3 Å². The number of nitrogens with one attached hydrogen (secondary N) is 2. The number of carbonyl (C=O) groups is 1. The lowest BCUT2D eigenvalue weighted by Gasteiger charge is -2.07. The zero-order chi connectivity index (χ0) is 21.5. The molecular formula is C22H17FN6O2. The minimum Gasteiger partial charge on any atom is -0.348 e. The second-order valence-corrected chi connectivity index (χ2v) is 7.16. The molecule has 9 heteroatoms. The maximum atomic E-state index is 14.1. The van der Waals surface area contributed by atoms with Crippen molar-refractivity contribution in [3.63, 3.8) is 0 Å². The van der Waals surface area contributed by atoms with E-state index in [1.54, 1.807) is 60.3 Å². The van der Waals surface area contributed by atoms with Crippen LogP contribution in [0.4, 0.5) is 4.39 Å². The number of pyridine rings is 1. The summed E-state index contributed by atoms with van der Waals surface area (Å²) in [5, 5.41) is 2.84. The average Bonchev–Trinajstić information content (AvgIpc) is 3.32. The molecule has 3 aromatic heterocycles. The maximum Gasteiger partial charge on any atom is 0.326 e. The van der Waals surface area contributed by atoms with E-state index >= 15 is 0 Å². The van der Waals surface area contributed by atoms with Crippen LogP contribution in [-0.4, -0.2) is 30.0 Å². The number of H-pyrrole nitrogens is 1. The number of nitrogens with zero attached hydrogens (tertiary/aromatic N) is 4. The highest BCUT2D eigenvalue weighted by Gasteiger charge is 2.12. The summed E-state index contributed by atoms with van der Waals surface area (Å²) in [4.78, 5) is 35.7. The van der Waals surface area contributed by atoms with Crippen LogP contribution in [0, 0.1) is 5.82 Å². The molecule has 31 heavy (non-hydrogen) atoms. The number of hydrogen-bond acceptors (Lipinski definition) is 4. The van der Waals surface area contributed by atoms with Gasteiger partial charge >= 0.3 is 5.69 Å². The van der Waals surface area contributed by atoms with E-state index in [4.69, 9.17) is 0 Å². The standard InChI is InChI=1S/C22H17FN6O2/c1-28-19-7-6-14(9-16(19)27-22(28)31)21(30)25-11-13-8-17-20(24-10-13)29(12-26-17)18-5-3-2-4-15(18)23/h2-10,12H,11H2,1H3,(H,25,30)(H,27,31). The fourth-order valence-electron chi connectivity index (χ4n) is 3.53. The van der Waals surface area contributed by atoms with Gasteiger partial charge in [0.25, 0.3) is 5.91 Å². The molecular weight excluding hydrogens is 399 g/mol. The first-order chi connectivity index (χ1) is 15.0. The number of amides is 1. The van der Waals surface area contributed by atoms with E-state index in [9.17, 15) is 14.0 Å². The van der Waals surface area contributed by atoms with Crippen LogP contribution >= 0.6 is 0 Å². The van der Waals surface area contributed by atoms with E-state index in [2.05, 4.69) is 20.3 Å². The molecule has 0 radical (unpaired) electrons. The van der Waals surface area contributed by atoms with Crippen molar-refractivity contribution in [2.24, 2.45) is 7.05 Å². The largest absolute Gasteiger partial charge is 0.348 e. The van der Waals surface area contributed by atoms with E-state index in [1.807, 2.05) is 0 Å². The number of aromatic nitrogens is 5. The van der Waals surface area contributed by atoms with Crippen molar-refractivity contribution in [2.75, 3.05) is 0 Å². The number of imidazole rings is 2. The summed E-state index contributed by atoms with van der Waals surface area (Å²) in [5.41, 5.74) is 3.77. The van der Waals surface area contributed by atoms with Crippen LogP contribution in [0.5, 0.6) is 0 Å². The molecule has 5 rings (SSSR count). The van der Waals surface area contributed by atoms with Gasteiger partial charge in [-0.05, 0) is 42.0 Å². The molecule has 0 unspecified atom stereocenters. The third-order valence-corrected chi connectivity index (χ3v) is 5.18. The molecule has 0 aliphatic rings. The minimum absolute atomic E-state index is 0.234. The Morgan fingerprint density at radius 3 is 2.84 bits per heavy atom. The summed E-state index contributed by atoms with van der Waals surface area (Å²) in [6, 6.07) is 13.3. The first kappa shape index (κ1) is 18.7. The van der Waals surface area contributed by atoms with Crippen molar-refractivity contribution in [1.29, 1.82) is 0 Å². The Labute approximate surface area is 175 Å². The molecule has 5 aromatic rings. The second kappa shape index (κ2) is 7.21. The monoisotopic (exact) mass is 416 g/mol. The first-order valence-electron chi connectivity index (χ1n) is 9.55. The Balaban J connectivity index is 1.36. The quantitative estimate of drug-likeness (QED) is 0.471. The van der Waals surface area contributed by atoms with Gasteiger partial charge in [0.05, 0.1) is 16.7 Å². The fraction of sp³-hybridized carbons (Fsp3) is 0.0909. The lowest BCUT2D eigenvalue weighted by molar-refractivity contribution is 0.0951. The number of para-hydroxylation sites is 1. The summed E-state index contributed by atoms with van der Waals surface area (Å²) >= 11 is 0. The Bertz CT molecular complexity index is 1510. The van der Waals surface area contributed by atoms with E-state index < -0.39 is 0 Å². The Morgan fingerprint density at radius 2 is 2.00 bits per heavy atom. The van der Waals surface area contributed by atoms with Crippen LogP contribution in [0.15, 0.2) is 65.8 Å². The number of benzene rings is 2. The van der Waals surface area contributed by atoms with Gasteiger partial charge in [-0.1, -0.05) is 12.1 Å². The van der Waals surface area contributed by atoms with Crippen molar-refractivity contribution in [2.45, 2.75) is 6.54 Å². The van der Waals surface area contributed by atoms with Gasteiger partial charge in [-0.2, -0.15) is 0 Å². The molecule has 0 saturated carbocycles. The zero-order valence-electron chi connectivity index (χ0n) is 16.5. The van der Waals surface area contributed by atoms with Crippen molar-refractivity contribution in [1.82, 2.24) is 29.4 Å². The molecule has 0 aliphatic heterocycles. The maximum absolute atomic E-state index is 14.1. The predicted molar refractivity (Wildman–Crippen MR) is 114 cm³/mol. The highest BCUT2D eigenvalue weighted by atomic mass is 19.1. The van der Waals surface area contributed by atoms with Gasteiger partial charge in [0.1, 0.15) is 17.7 Å². The normalized spacial score (nSPS) is 11.3. The summed E-state index contributed by atoms with van der Waals surface area (Å²) in [6.45, 7) is 0.248. The van der Waals surface area contributed by atoms with Gasteiger partial charge in [-0.15, -0.1) is 0 Å². The third-order valence-electron chi connectivity index (χ3n) is 5.18. The van der Waals surface area contributed by atoms with Crippen LogP contribution in [0.1, 0.15) is 15.9 Å². The highest BCUT2D eigenvalue weighted by molar-refractivity contribution is 5.97. The third kappa shape index (κ3) is 3.25. The molecule has 0 spiro atoms. The molecule has 2 aromatic carbocycles. The SMILES string of the molecule is Cn1c(=O)[nH]c2cc(C(=O)NCc3cnc4c(c3)ncn4-c3ccccc3F)ccc21. The molecule has 0 fully saturated rings. The van der Waals surface area contributed by atoms with Gasteiger partial charge in [0.15, 0.2) is 5.65 Å². The van der Waals surface area contributed by atoms with Crippen LogP contribution in [-0.2, 0) is 13.6 Å². The number of fused-ring (bicyclic) bond motifs is 2. The van der Waals surface area contributed by atoms with Crippen molar-refractivity contribution in [3.05, 3.63) is 88.5 Å². The smallest absolute Gasteiger partial charge is 0.326 e. The number of carbonyl (C=O) groups excluding carboxylic acids is 1. The van der Waals surface area contributed by atoms with Crippen LogP contribution < -0.4 is 11.0 Å². The molecule has 8 nitrogen and oxygen atoms in total. The van der Waals surface area contributed by atoms with Crippen molar-refractivity contribution in [3.8, 4) is 5.69 Å². The van der Waals surface area contributed by atoms with Crippen LogP contribution in [0.25, 0.3) is 27.9 Å². The van der Waals surface area contributed by atoms with Gasteiger partial charge in [0, 0.05) is 25.4 Å².